The SMILES string of the molecule is Cc1nc(C#N)ccc1-c1ccc(C=O)cc1. The Hall–Kier alpha value is -2.47. The zero-order valence-corrected chi connectivity index (χ0v) is 9.34. The number of carbonyl (C=O) groups is 1. The van der Waals surface area contributed by atoms with Crippen molar-refractivity contribution in [3.63, 3.8) is 0 Å². The maximum absolute atomic E-state index is 10.6. The van der Waals surface area contributed by atoms with E-state index in [1.54, 1.807) is 18.2 Å². The number of hydrogen-bond donors (Lipinski definition) is 0. The van der Waals surface area contributed by atoms with E-state index in [1.165, 1.54) is 0 Å². The van der Waals surface area contributed by atoms with E-state index in [-0.39, 0.29) is 0 Å². The van der Waals surface area contributed by atoms with Gasteiger partial charge in [-0.15, -0.1) is 0 Å². The molecule has 17 heavy (non-hydrogen) atoms. The van der Waals surface area contributed by atoms with Gasteiger partial charge in [0.15, 0.2) is 0 Å². The Bertz CT molecular complexity index is 595. The van der Waals surface area contributed by atoms with Crippen LogP contribution in [0, 0.1) is 18.3 Å². The lowest BCUT2D eigenvalue weighted by Gasteiger charge is -2.05. The van der Waals surface area contributed by atoms with Crippen molar-refractivity contribution >= 4 is 6.29 Å². The van der Waals surface area contributed by atoms with Crippen LogP contribution in [-0.4, -0.2) is 11.3 Å². The molecule has 0 aliphatic heterocycles. The van der Waals surface area contributed by atoms with E-state index in [0.717, 1.165) is 23.1 Å². The number of hydrogen-bond acceptors (Lipinski definition) is 3. The topological polar surface area (TPSA) is 53.8 Å². The summed E-state index contributed by atoms with van der Waals surface area (Å²) in [7, 11) is 0. The van der Waals surface area contributed by atoms with Crippen LogP contribution in [0.15, 0.2) is 36.4 Å². The predicted octanol–water partition coefficient (Wildman–Crippen LogP) is 2.74. The molecule has 1 aromatic heterocycles. The molecular formula is C14H10N2O. The number of aldehydes is 1. The Morgan fingerprint density at radius 2 is 1.88 bits per heavy atom. The third-order valence-electron chi connectivity index (χ3n) is 2.56. The molecule has 0 aliphatic carbocycles. The van der Waals surface area contributed by atoms with Crippen LogP contribution in [0.3, 0.4) is 0 Å². The summed E-state index contributed by atoms with van der Waals surface area (Å²) in [6.45, 7) is 1.86. The van der Waals surface area contributed by atoms with Crippen LogP contribution in [-0.2, 0) is 0 Å². The van der Waals surface area contributed by atoms with Gasteiger partial charge in [-0.05, 0) is 24.6 Å². The fourth-order valence-corrected chi connectivity index (χ4v) is 1.67. The molecule has 0 spiro atoms. The number of rotatable bonds is 2. The van der Waals surface area contributed by atoms with Crippen LogP contribution < -0.4 is 0 Å². The second-order valence-corrected chi connectivity index (χ2v) is 3.68. The van der Waals surface area contributed by atoms with Crippen molar-refractivity contribution in [3.8, 4) is 17.2 Å². The fourth-order valence-electron chi connectivity index (χ4n) is 1.67. The first-order valence-electron chi connectivity index (χ1n) is 5.18. The first-order valence-corrected chi connectivity index (χ1v) is 5.18. The number of aryl methyl sites for hydroxylation is 1. The number of benzene rings is 1. The van der Waals surface area contributed by atoms with Crippen LogP contribution in [0.5, 0.6) is 0 Å². The van der Waals surface area contributed by atoms with Crippen molar-refractivity contribution in [3.05, 3.63) is 53.3 Å². The summed E-state index contributed by atoms with van der Waals surface area (Å²) in [5.41, 5.74) is 3.83. The van der Waals surface area contributed by atoms with E-state index in [4.69, 9.17) is 5.26 Å². The van der Waals surface area contributed by atoms with Crippen LogP contribution in [0.2, 0.25) is 0 Å². The van der Waals surface area contributed by atoms with Crippen LogP contribution in [0.25, 0.3) is 11.1 Å². The number of nitriles is 1. The smallest absolute Gasteiger partial charge is 0.150 e. The number of pyridine rings is 1. The number of aromatic nitrogens is 1. The van der Waals surface area contributed by atoms with Gasteiger partial charge in [0.25, 0.3) is 0 Å². The molecule has 1 aromatic carbocycles. The van der Waals surface area contributed by atoms with Gasteiger partial charge in [-0.3, -0.25) is 4.79 Å². The molecule has 0 atom stereocenters. The summed E-state index contributed by atoms with van der Waals surface area (Å²) in [4.78, 5) is 14.7. The molecule has 0 amide bonds. The molecule has 1 heterocycles. The summed E-state index contributed by atoms with van der Waals surface area (Å²) in [6, 6.07) is 12.8. The third-order valence-corrected chi connectivity index (χ3v) is 2.56. The molecule has 3 heteroatoms. The first kappa shape index (κ1) is 11.0. The summed E-state index contributed by atoms with van der Waals surface area (Å²) >= 11 is 0. The maximum Gasteiger partial charge on any atom is 0.150 e. The van der Waals surface area contributed by atoms with Gasteiger partial charge in [0.05, 0.1) is 0 Å². The van der Waals surface area contributed by atoms with E-state index in [0.29, 0.717) is 11.3 Å². The monoisotopic (exact) mass is 222 g/mol. The van der Waals surface area contributed by atoms with Gasteiger partial charge < -0.3 is 0 Å². The highest BCUT2D eigenvalue weighted by Gasteiger charge is 2.04. The average molecular weight is 222 g/mol. The minimum absolute atomic E-state index is 0.413. The van der Waals surface area contributed by atoms with E-state index >= 15 is 0 Å². The van der Waals surface area contributed by atoms with Crippen LogP contribution in [0.4, 0.5) is 0 Å². The van der Waals surface area contributed by atoms with Crippen molar-refractivity contribution in [2.24, 2.45) is 0 Å². The molecular weight excluding hydrogens is 212 g/mol. The molecule has 0 saturated heterocycles. The second kappa shape index (κ2) is 4.58. The van der Waals surface area contributed by atoms with Crippen molar-refractivity contribution in [2.75, 3.05) is 0 Å². The van der Waals surface area contributed by atoms with Crippen LogP contribution in [0.1, 0.15) is 21.7 Å². The summed E-state index contributed by atoms with van der Waals surface area (Å²) in [5.74, 6) is 0. The first-order chi connectivity index (χ1) is 8.24. The molecule has 0 radical (unpaired) electrons. The van der Waals surface area contributed by atoms with Crippen LogP contribution >= 0.6 is 0 Å². The zero-order chi connectivity index (χ0) is 12.3. The molecule has 0 saturated carbocycles. The Morgan fingerprint density at radius 3 is 2.41 bits per heavy atom. The highest BCUT2D eigenvalue weighted by atomic mass is 16.1. The molecule has 0 unspecified atom stereocenters. The third kappa shape index (κ3) is 2.21. The summed E-state index contributed by atoms with van der Waals surface area (Å²) in [6.07, 6.45) is 0.813. The zero-order valence-electron chi connectivity index (χ0n) is 9.34. The molecule has 82 valence electrons. The standard InChI is InChI=1S/C14H10N2O/c1-10-14(7-6-13(8-15)16-10)12-4-2-11(9-17)3-5-12/h2-7,9H,1H3. The maximum atomic E-state index is 10.6. The Morgan fingerprint density at radius 1 is 1.18 bits per heavy atom. The second-order valence-electron chi connectivity index (χ2n) is 3.68. The predicted molar refractivity (Wildman–Crippen MR) is 64.5 cm³/mol. The fraction of sp³-hybridized carbons (Fsp3) is 0.0714. The number of nitrogens with zero attached hydrogens (tertiary/aromatic N) is 2. The van der Waals surface area contributed by atoms with Gasteiger partial charge in [-0.1, -0.05) is 24.3 Å². The normalized spacial score (nSPS) is 9.65. The highest BCUT2D eigenvalue weighted by molar-refractivity contribution is 5.77. The van der Waals surface area contributed by atoms with Gasteiger partial charge in [0.1, 0.15) is 18.0 Å². The highest BCUT2D eigenvalue weighted by Crippen LogP contribution is 2.22. The van der Waals surface area contributed by atoms with Gasteiger partial charge in [-0.2, -0.15) is 5.26 Å². The Labute approximate surface area is 99.4 Å². The van der Waals surface area contributed by atoms with Gasteiger partial charge in [0, 0.05) is 16.8 Å². The minimum Gasteiger partial charge on any atom is -0.298 e. The minimum atomic E-state index is 0.413. The Kier molecular flexibility index (Phi) is 2.97. The van der Waals surface area contributed by atoms with Crippen molar-refractivity contribution < 1.29 is 4.79 Å². The molecule has 0 N–H and O–H groups in total. The lowest BCUT2D eigenvalue weighted by atomic mass is 10.0. The van der Waals surface area contributed by atoms with E-state index < -0.39 is 0 Å². The Balaban J connectivity index is 2.46. The van der Waals surface area contributed by atoms with Gasteiger partial charge in [0.2, 0.25) is 0 Å². The summed E-state index contributed by atoms with van der Waals surface area (Å²) in [5, 5.41) is 8.74. The van der Waals surface area contributed by atoms with E-state index in [9.17, 15) is 4.79 Å². The molecule has 0 fully saturated rings. The van der Waals surface area contributed by atoms with Gasteiger partial charge >= 0.3 is 0 Å². The quantitative estimate of drug-likeness (QED) is 0.734. The molecule has 2 rings (SSSR count). The van der Waals surface area contributed by atoms with Crippen molar-refractivity contribution in [1.82, 2.24) is 4.98 Å². The molecule has 3 nitrogen and oxygen atoms in total. The lowest BCUT2D eigenvalue weighted by Crippen LogP contribution is -1.91. The largest absolute Gasteiger partial charge is 0.298 e. The molecule has 2 aromatic rings. The molecule has 0 aliphatic rings. The van der Waals surface area contributed by atoms with E-state index in [2.05, 4.69) is 4.98 Å². The number of carbonyl (C=O) groups excluding carboxylic acids is 1. The van der Waals surface area contributed by atoms with Crippen molar-refractivity contribution in [2.45, 2.75) is 6.92 Å². The van der Waals surface area contributed by atoms with E-state index in [1.807, 2.05) is 31.2 Å². The average Bonchev–Trinajstić information content (AvgIpc) is 2.39. The molecule has 0 bridgehead atoms. The van der Waals surface area contributed by atoms with Gasteiger partial charge in [-0.25, -0.2) is 4.98 Å². The lowest BCUT2D eigenvalue weighted by molar-refractivity contribution is 0.112. The summed E-state index contributed by atoms with van der Waals surface area (Å²) < 4.78 is 0. The van der Waals surface area contributed by atoms with Crippen molar-refractivity contribution in [1.29, 1.82) is 5.26 Å².